The van der Waals surface area contributed by atoms with E-state index in [0.29, 0.717) is 22.3 Å². The Morgan fingerprint density at radius 2 is 1.53 bits per heavy atom. The van der Waals surface area contributed by atoms with Gasteiger partial charge in [0.05, 0.1) is 4.90 Å². The third-order valence-electron chi connectivity index (χ3n) is 5.74. The number of pyridine rings is 1. The van der Waals surface area contributed by atoms with Gasteiger partial charge in [0.15, 0.2) is 5.65 Å². The molecule has 6 nitrogen and oxygen atoms in total. The van der Waals surface area contributed by atoms with Crippen LogP contribution in [0.5, 0.6) is 11.5 Å². The largest absolute Gasteiger partial charge is 0.457 e. The first-order valence-corrected chi connectivity index (χ1v) is 13.5. The van der Waals surface area contributed by atoms with Gasteiger partial charge in [0.2, 0.25) is 0 Å². The van der Waals surface area contributed by atoms with Crippen LogP contribution in [0.1, 0.15) is 0 Å². The highest BCUT2D eigenvalue weighted by molar-refractivity contribution is 7.90. The average Bonchev–Trinajstić information content (AvgIpc) is 3.58. The van der Waals surface area contributed by atoms with Crippen molar-refractivity contribution < 1.29 is 13.2 Å². The second kappa shape index (κ2) is 9.07. The maximum atomic E-state index is 13.5. The van der Waals surface area contributed by atoms with Crippen LogP contribution in [0.25, 0.3) is 32.7 Å². The van der Waals surface area contributed by atoms with Gasteiger partial charge in [-0.15, -0.1) is 11.3 Å². The molecule has 0 aliphatic carbocycles. The van der Waals surface area contributed by atoms with Crippen LogP contribution in [0.15, 0.2) is 120 Å². The van der Waals surface area contributed by atoms with Crippen molar-refractivity contribution in [2.45, 2.75) is 4.90 Å². The lowest BCUT2D eigenvalue weighted by molar-refractivity contribution is 0.484. The minimum atomic E-state index is -3.86. The first kappa shape index (κ1) is 22.2. The molecule has 0 saturated carbocycles. The summed E-state index contributed by atoms with van der Waals surface area (Å²) in [4.78, 5) is 9.27. The molecule has 0 aliphatic heterocycles. The summed E-state index contributed by atoms with van der Waals surface area (Å²) in [6.07, 6.45) is 4.99. The molecule has 8 heteroatoms. The van der Waals surface area contributed by atoms with E-state index in [4.69, 9.17) is 4.74 Å². The van der Waals surface area contributed by atoms with E-state index in [1.54, 1.807) is 48.9 Å². The molecule has 3 aromatic heterocycles. The molecule has 0 saturated heterocycles. The number of aromatic nitrogens is 3. The molecule has 176 valence electrons. The van der Waals surface area contributed by atoms with Gasteiger partial charge in [-0.05, 0) is 36.4 Å². The topological polar surface area (TPSA) is 74.1 Å². The van der Waals surface area contributed by atoms with Gasteiger partial charge in [-0.2, -0.15) is 0 Å². The number of benzene rings is 3. The fourth-order valence-corrected chi connectivity index (χ4v) is 6.06. The van der Waals surface area contributed by atoms with Crippen LogP contribution in [0, 0.1) is 0 Å². The molecular formula is C28H19N3O3S2. The van der Waals surface area contributed by atoms with Gasteiger partial charge in [0, 0.05) is 46.0 Å². The van der Waals surface area contributed by atoms with Crippen LogP contribution in [0.3, 0.4) is 0 Å². The highest BCUT2D eigenvalue weighted by atomic mass is 32.2. The Bertz CT molecular complexity index is 1760. The molecule has 0 amide bonds. The van der Waals surface area contributed by atoms with Crippen molar-refractivity contribution in [2.75, 3.05) is 0 Å². The first-order chi connectivity index (χ1) is 17.6. The standard InChI is InChI=1S/C28H19N3O3S2/c32-36(33,22-11-5-2-6-12-22)31-19-25(28-29-15-16-35-28)24-17-20(18-30-27(24)31)23-13-7-8-14-26(23)34-21-9-3-1-4-10-21/h1-19H. The van der Waals surface area contributed by atoms with Crippen LogP contribution in [-0.2, 0) is 10.0 Å². The molecule has 0 radical (unpaired) electrons. The second-order valence-corrected chi connectivity index (χ2v) is 10.7. The van der Waals surface area contributed by atoms with Crippen molar-refractivity contribution >= 4 is 32.4 Å². The van der Waals surface area contributed by atoms with E-state index in [1.165, 1.54) is 15.3 Å². The summed E-state index contributed by atoms with van der Waals surface area (Å²) < 4.78 is 34.5. The average molecular weight is 510 g/mol. The zero-order valence-corrected chi connectivity index (χ0v) is 20.5. The SMILES string of the molecule is O=S(=O)(c1ccccc1)n1cc(-c2nccs2)c2cc(-c3ccccc3Oc3ccccc3)cnc21. The minimum absolute atomic E-state index is 0.195. The highest BCUT2D eigenvalue weighted by Crippen LogP contribution is 2.38. The number of rotatable bonds is 6. The lowest BCUT2D eigenvalue weighted by Gasteiger charge is -2.12. The number of nitrogens with zero attached hydrogens (tertiary/aromatic N) is 3. The van der Waals surface area contributed by atoms with Crippen molar-refractivity contribution in [3.63, 3.8) is 0 Å². The quantitative estimate of drug-likeness (QED) is 0.245. The number of hydrogen-bond acceptors (Lipinski definition) is 6. The zero-order valence-electron chi connectivity index (χ0n) is 18.9. The minimum Gasteiger partial charge on any atom is -0.457 e. The van der Waals surface area contributed by atoms with E-state index in [0.717, 1.165) is 21.9 Å². The maximum absolute atomic E-state index is 13.5. The Morgan fingerprint density at radius 1 is 0.806 bits per heavy atom. The molecule has 0 aliphatic rings. The van der Waals surface area contributed by atoms with Crippen LogP contribution in [0.4, 0.5) is 0 Å². The number of thiazole rings is 1. The molecular weight excluding hydrogens is 490 g/mol. The van der Waals surface area contributed by atoms with E-state index in [-0.39, 0.29) is 4.90 Å². The summed E-state index contributed by atoms with van der Waals surface area (Å²) in [6.45, 7) is 0. The van der Waals surface area contributed by atoms with Crippen LogP contribution in [0.2, 0.25) is 0 Å². The molecule has 0 bridgehead atoms. The van der Waals surface area contributed by atoms with E-state index >= 15 is 0 Å². The van der Waals surface area contributed by atoms with Crippen molar-refractivity contribution in [2.24, 2.45) is 0 Å². The lowest BCUT2D eigenvalue weighted by atomic mass is 10.0. The van der Waals surface area contributed by atoms with Gasteiger partial charge in [-0.3, -0.25) is 0 Å². The Labute approximate surface area is 212 Å². The predicted octanol–water partition coefficient (Wildman–Crippen LogP) is 6.86. The Hall–Kier alpha value is -4.27. The number of fused-ring (bicyclic) bond motifs is 1. The lowest BCUT2D eigenvalue weighted by Crippen LogP contribution is -2.12. The number of para-hydroxylation sites is 2. The summed E-state index contributed by atoms with van der Waals surface area (Å²) in [6, 6.07) is 27.6. The van der Waals surface area contributed by atoms with E-state index in [1.807, 2.05) is 66.0 Å². The summed E-state index contributed by atoms with van der Waals surface area (Å²) in [5, 5.41) is 3.27. The first-order valence-electron chi connectivity index (χ1n) is 11.2. The second-order valence-electron chi connectivity index (χ2n) is 8.00. The Balaban J connectivity index is 1.53. The van der Waals surface area contributed by atoms with Crippen LogP contribution in [-0.4, -0.2) is 22.4 Å². The summed E-state index contributed by atoms with van der Waals surface area (Å²) in [5.41, 5.74) is 2.70. The zero-order chi connectivity index (χ0) is 24.5. The smallest absolute Gasteiger partial charge is 0.269 e. The van der Waals surface area contributed by atoms with Gasteiger partial charge in [-0.1, -0.05) is 54.6 Å². The molecule has 3 aromatic carbocycles. The predicted molar refractivity (Wildman–Crippen MR) is 142 cm³/mol. The highest BCUT2D eigenvalue weighted by Gasteiger charge is 2.24. The maximum Gasteiger partial charge on any atom is 0.269 e. The molecule has 0 spiro atoms. The fourth-order valence-electron chi connectivity index (χ4n) is 4.05. The molecule has 0 fully saturated rings. The number of hydrogen-bond donors (Lipinski definition) is 0. The Morgan fingerprint density at radius 3 is 2.28 bits per heavy atom. The monoisotopic (exact) mass is 509 g/mol. The van der Waals surface area contributed by atoms with Crippen molar-refractivity contribution in [3.05, 3.63) is 115 Å². The summed E-state index contributed by atoms with van der Waals surface area (Å²) in [5.74, 6) is 1.40. The third kappa shape index (κ3) is 3.96. The fraction of sp³-hybridized carbons (Fsp3) is 0. The van der Waals surface area contributed by atoms with Crippen molar-refractivity contribution in [3.8, 4) is 33.2 Å². The van der Waals surface area contributed by atoms with Gasteiger partial charge in [0.25, 0.3) is 10.0 Å². The molecule has 0 N–H and O–H groups in total. The summed E-state index contributed by atoms with van der Waals surface area (Å²) in [7, 11) is -3.86. The van der Waals surface area contributed by atoms with Crippen LogP contribution >= 0.6 is 11.3 Å². The van der Waals surface area contributed by atoms with Crippen LogP contribution < -0.4 is 4.74 Å². The van der Waals surface area contributed by atoms with Crippen molar-refractivity contribution in [1.82, 2.24) is 13.9 Å². The van der Waals surface area contributed by atoms with Gasteiger partial charge >= 0.3 is 0 Å². The van der Waals surface area contributed by atoms with Gasteiger partial charge in [-0.25, -0.2) is 22.4 Å². The van der Waals surface area contributed by atoms with E-state index in [2.05, 4.69) is 9.97 Å². The van der Waals surface area contributed by atoms with Gasteiger partial charge in [0.1, 0.15) is 16.5 Å². The molecule has 0 atom stereocenters. The van der Waals surface area contributed by atoms with Gasteiger partial charge < -0.3 is 4.74 Å². The third-order valence-corrected chi connectivity index (χ3v) is 8.21. The molecule has 36 heavy (non-hydrogen) atoms. The molecule has 0 unspecified atom stereocenters. The van der Waals surface area contributed by atoms with E-state index < -0.39 is 10.0 Å². The van der Waals surface area contributed by atoms with Crippen molar-refractivity contribution in [1.29, 1.82) is 0 Å². The summed E-state index contributed by atoms with van der Waals surface area (Å²) >= 11 is 1.45. The molecule has 3 heterocycles. The number of ether oxygens (including phenoxy) is 1. The Kier molecular flexibility index (Phi) is 5.59. The molecule has 6 rings (SSSR count). The van der Waals surface area contributed by atoms with E-state index in [9.17, 15) is 8.42 Å². The normalized spacial score (nSPS) is 11.6. The molecule has 6 aromatic rings.